The molecule has 7 nitrogen and oxygen atoms in total. The van der Waals surface area contributed by atoms with Crippen LogP contribution in [0.1, 0.15) is 54.3 Å². The van der Waals surface area contributed by atoms with Crippen molar-refractivity contribution in [3.05, 3.63) is 58.9 Å². The summed E-state index contributed by atoms with van der Waals surface area (Å²) in [5, 5.41) is 21.7. The summed E-state index contributed by atoms with van der Waals surface area (Å²) >= 11 is 0. The van der Waals surface area contributed by atoms with Crippen LogP contribution in [0.5, 0.6) is 5.75 Å². The molecule has 0 amide bonds. The van der Waals surface area contributed by atoms with Gasteiger partial charge in [0.2, 0.25) is 0 Å². The first-order valence-electron chi connectivity index (χ1n) is 9.14. The number of pyridine rings is 1. The van der Waals surface area contributed by atoms with Gasteiger partial charge in [-0.3, -0.25) is 10.3 Å². The summed E-state index contributed by atoms with van der Waals surface area (Å²) < 4.78 is 10.9. The van der Waals surface area contributed by atoms with E-state index >= 15 is 0 Å². The van der Waals surface area contributed by atoms with Gasteiger partial charge in [0.05, 0.1) is 17.9 Å². The lowest BCUT2D eigenvalue weighted by molar-refractivity contribution is 0.00688. The van der Waals surface area contributed by atoms with Crippen molar-refractivity contribution in [3.8, 4) is 5.75 Å². The van der Waals surface area contributed by atoms with Gasteiger partial charge in [-0.1, -0.05) is 12.1 Å². The van der Waals surface area contributed by atoms with E-state index in [4.69, 9.17) is 14.6 Å². The summed E-state index contributed by atoms with van der Waals surface area (Å²) in [5.74, 6) is 0.172. The fraction of sp³-hybridized carbons (Fsp3) is 0.429. The minimum Gasteiger partial charge on any atom is -0.491 e. The van der Waals surface area contributed by atoms with E-state index in [0.29, 0.717) is 29.1 Å². The predicted octanol–water partition coefficient (Wildman–Crippen LogP) is 2.21. The number of nitrogens with one attached hydrogen (secondary N) is 1. The van der Waals surface area contributed by atoms with E-state index in [9.17, 15) is 9.90 Å². The quantitative estimate of drug-likeness (QED) is 0.471. The fourth-order valence-electron chi connectivity index (χ4n) is 2.56. The first-order chi connectivity index (χ1) is 13.2. The van der Waals surface area contributed by atoms with Crippen LogP contribution < -0.4 is 10.1 Å². The van der Waals surface area contributed by atoms with Crippen LogP contribution in [0.3, 0.4) is 0 Å². The number of nitrogens with zero attached hydrogens (tertiary/aromatic N) is 1. The van der Waals surface area contributed by atoms with Crippen molar-refractivity contribution in [3.63, 3.8) is 0 Å². The number of esters is 1. The molecular formula is C21H28N2O5. The third-order valence-corrected chi connectivity index (χ3v) is 3.73. The highest BCUT2D eigenvalue weighted by Gasteiger charge is 2.20. The number of aliphatic hydroxyl groups is 2. The maximum Gasteiger partial charge on any atom is 0.338 e. The monoisotopic (exact) mass is 388 g/mol. The molecule has 0 aliphatic heterocycles. The molecule has 0 spiro atoms. The largest absolute Gasteiger partial charge is 0.491 e. The van der Waals surface area contributed by atoms with Gasteiger partial charge in [-0.25, -0.2) is 4.79 Å². The van der Waals surface area contributed by atoms with Crippen LogP contribution in [0.4, 0.5) is 0 Å². The van der Waals surface area contributed by atoms with Gasteiger partial charge >= 0.3 is 5.97 Å². The Hall–Kier alpha value is -2.48. The molecule has 1 unspecified atom stereocenters. The summed E-state index contributed by atoms with van der Waals surface area (Å²) in [5.41, 5.74) is 1.59. The Morgan fingerprint density at radius 2 is 2.00 bits per heavy atom. The molecule has 0 radical (unpaired) electrons. The van der Waals surface area contributed by atoms with Gasteiger partial charge in [0.25, 0.3) is 0 Å². The summed E-state index contributed by atoms with van der Waals surface area (Å²) in [6.07, 6.45) is -0.559. The molecule has 7 heteroatoms. The van der Waals surface area contributed by atoms with Gasteiger partial charge in [0.15, 0.2) is 0 Å². The highest BCUT2D eigenvalue weighted by Crippen LogP contribution is 2.20. The second kappa shape index (κ2) is 9.64. The molecule has 2 aromatic rings. The Labute approximate surface area is 165 Å². The van der Waals surface area contributed by atoms with Crippen LogP contribution in [0.15, 0.2) is 36.4 Å². The maximum atomic E-state index is 12.5. The third-order valence-electron chi connectivity index (χ3n) is 3.73. The van der Waals surface area contributed by atoms with E-state index in [1.54, 1.807) is 40.0 Å². The van der Waals surface area contributed by atoms with E-state index in [2.05, 4.69) is 10.3 Å². The Kier molecular flexibility index (Phi) is 7.51. The molecule has 0 fully saturated rings. The number of carbonyl (C=O) groups excluding carboxylic acids is 1. The lowest BCUT2D eigenvalue weighted by Gasteiger charge is -2.20. The number of benzene rings is 1. The number of rotatable bonds is 8. The molecule has 1 aromatic carbocycles. The molecule has 1 heterocycles. The average molecular weight is 388 g/mol. The van der Waals surface area contributed by atoms with Crippen LogP contribution in [-0.4, -0.2) is 47.0 Å². The van der Waals surface area contributed by atoms with Gasteiger partial charge in [0, 0.05) is 12.1 Å². The van der Waals surface area contributed by atoms with E-state index in [1.165, 1.54) is 6.07 Å². The molecule has 0 aliphatic carbocycles. The van der Waals surface area contributed by atoms with Gasteiger partial charge in [-0.05, 0) is 57.6 Å². The molecule has 152 valence electrons. The van der Waals surface area contributed by atoms with Crippen molar-refractivity contribution in [2.75, 3.05) is 20.3 Å². The van der Waals surface area contributed by atoms with Crippen LogP contribution >= 0.6 is 0 Å². The van der Waals surface area contributed by atoms with Crippen LogP contribution in [0.25, 0.3) is 0 Å². The van der Waals surface area contributed by atoms with E-state index in [0.717, 1.165) is 5.56 Å². The standard InChI is InChI=1S/C21H28N2O5/c1-21(2,3)28-20(26)15-12-16(23-18(13-15)19(25)22-4)10-14-6-5-7-17(11-14)27-9-8-24/h5-7,11-13,19,22,24-25H,8-10H2,1-4H3. The smallest absolute Gasteiger partial charge is 0.338 e. The van der Waals surface area contributed by atoms with Crippen molar-refractivity contribution in [2.45, 2.75) is 39.0 Å². The molecule has 0 aliphatic rings. The van der Waals surface area contributed by atoms with Crippen molar-refractivity contribution in [1.82, 2.24) is 10.3 Å². The number of hydrogen-bond donors (Lipinski definition) is 3. The van der Waals surface area contributed by atoms with Crippen LogP contribution in [-0.2, 0) is 11.2 Å². The molecular weight excluding hydrogens is 360 g/mol. The molecule has 0 saturated heterocycles. The topological polar surface area (TPSA) is 101 Å². The van der Waals surface area contributed by atoms with Gasteiger partial charge in [0.1, 0.15) is 24.2 Å². The number of hydrogen-bond acceptors (Lipinski definition) is 7. The zero-order valence-electron chi connectivity index (χ0n) is 16.7. The summed E-state index contributed by atoms with van der Waals surface area (Å²) in [7, 11) is 1.61. The number of ether oxygens (including phenoxy) is 2. The second-order valence-corrected chi connectivity index (χ2v) is 7.36. The van der Waals surface area contributed by atoms with Crippen LogP contribution in [0.2, 0.25) is 0 Å². The Morgan fingerprint density at radius 3 is 2.64 bits per heavy atom. The fourth-order valence-corrected chi connectivity index (χ4v) is 2.56. The zero-order valence-corrected chi connectivity index (χ0v) is 16.7. The summed E-state index contributed by atoms with van der Waals surface area (Å²) in [4.78, 5) is 17.0. The van der Waals surface area contributed by atoms with Crippen molar-refractivity contribution in [1.29, 1.82) is 0 Å². The second-order valence-electron chi connectivity index (χ2n) is 7.36. The molecule has 28 heavy (non-hydrogen) atoms. The maximum absolute atomic E-state index is 12.5. The lowest BCUT2D eigenvalue weighted by Crippen LogP contribution is -2.25. The molecule has 0 saturated carbocycles. The first-order valence-corrected chi connectivity index (χ1v) is 9.14. The third kappa shape index (κ3) is 6.60. The predicted molar refractivity (Wildman–Crippen MR) is 105 cm³/mol. The van der Waals surface area contributed by atoms with Crippen molar-refractivity contribution in [2.24, 2.45) is 0 Å². The van der Waals surface area contributed by atoms with E-state index in [1.807, 2.05) is 18.2 Å². The van der Waals surface area contributed by atoms with Crippen LogP contribution in [0, 0.1) is 0 Å². The molecule has 1 aromatic heterocycles. The van der Waals surface area contributed by atoms with Gasteiger partial charge in [-0.15, -0.1) is 0 Å². The molecule has 3 N–H and O–H groups in total. The Bertz CT molecular complexity index is 802. The van der Waals surface area contributed by atoms with Gasteiger partial charge in [-0.2, -0.15) is 0 Å². The minimum absolute atomic E-state index is 0.0605. The zero-order chi connectivity index (χ0) is 20.7. The average Bonchev–Trinajstić information content (AvgIpc) is 2.64. The Morgan fingerprint density at radius 1 is 1.25 bits per heavy atom. The highest BCUT2D eigenvalue weighted by atomic mass is 16.6. The van der Waals surface area contributed by atoms with E-state index in [-0.39, 0.29) is 13.2 Å². The molecule has 0 bridgehead atoms. The molecule has 1 atom stereocenters. The summed E-state index contributed by atoms with van der Waals surface area (Å²) in [6.45, 7) is 5.56. The first kappa shape index (κ1) is 21.8. The number of aromatic nitrogens is 1. The normalized spacial score (nSPS) is 12.5. The molecule has 2 rings (SSSR count). The van der Waals surface area contributed by atoms with E-state index < -0.39 is 17.8 Å². The number of carbonyl (C=O) groups is 1. The van der Waals surface area contributed by atoms with Crippen molar-refractivity contribution >= 4 is 5.97 Å². The Balaban J connectivity index is 2.32. The SMILES string of the molecule is CNC(O)c1cc(C(=O)OC(C)(C)C)cc(Cc2cccc(OCCO)c2)n1. The van der Waals surface area contributed by atoms with Gasteiger partial charge < -0.3 is 19.7 Å². The number of aliphatic hydroxyl groups excluding tert-OH is 2. The minimum atomic E-state index is -1.000. The highest BCUT2D eigenvalue weighted by molar-refractivity contribution is 5.90. The van der Waals surface area contributed by atoms with Crippen molar-refractivity contribution < 1.29 is 24.5 Å². The lowest BCUT2D eigenvalue weighted by atomic mass is 10.1. The summed E-state index contributed by atoms with van der Waals surface area (Å²) in [6, 6.07) is 10.6.